The second kappa shape index (κ2) is 5.58. The summed E-state index contributed by atoms with van der Waals surface area (Å²) in [5, 5.41) is 8.71. The second-order valence-electron chi connectivity index (χ2n) is 4.00. The maximum absolute atomic E-state index is 8.71. The summed E-state index contributed by atoms with van der Waals surface area (Å²) >= 11 is 0. The number of hydrogen-bond acceptors (Lipinski definition) is 5. The molecule has 0 saturated carbocycles. The van der Waals surface area contributed by atoms with Crippen LogP contribution >= 0.6 is 0 Å². The number of aromatic amines is 1. The number of nitrogens with one attached hydrogen (secondary N) is 1. The van der Waals surface area contributed by atoms with Crippen molar-refractivity contribution in [3.8, 4) is 0 Å². The van der Waals surface area contributed by atoms with E-state index in [1.165, 1.54) is 6.33 Å². The van der Waals surface area contributed by atoms with Gasteiger partial charge in [0.05, 0.1) is 6.33 Å². The first-order chi connectivity index (χ1) is 8.33. The van der Waals surface area contributed by atoms with E-state index in [2.05, 4.69) is 24.8 Å². The SMILES string of the molecule is CN(CCCCCO)c1ncnc2nc[nH]c12. The van der Waals surface area contributed by atoms with Crippen LogP contribution in [0.25, 0.3) is 11.2 Å². The van der Waals surface area contributed by atoms with Crippen molar-refractivity contribution in [3.63, 3.8) is 0 Å². The van der Waals surface area contributed by atoms with Crippen LogP contribution in [0.4, 0.5) is 5.82 Å². The number of aliphatic hydroxyl groups is 1. The molecule has 2 aromatic rings. The van der Waals surface area contributed by atoms with Crippen molar-refractivity contribution in [1.82, 2.24) is 19.9 Å². The van der Waals surface area contributed by atoms with E-state index in [9.17, 15) is 0 Å². The van der Waals surface area contributed by atoms with Gasteiger partial charge in [0, 0.05) is 20.2 Å². The molecule has 6 nitrogen and oxygen atoms in total. The summed E-state index contributed by atoms with van der Waals surface area (Å²) in [6, 6.07) is 0. The fourth-order valence-electron chi connectivity index (χ4n) is 1.79. The first-order valence-corrected chi connectivity index (χ1v) is 5.79. The molecular weight excluding hydrogens is 218 g/mol. The molecule has 0 amide bonds. The number of anilines is 1. The highest BCUT2D eigenvalue weighted by Gasteiger charge is 2.09. The smallest absolute Gasteiger partial charge is 0.182 e. The summed E-state index contributed by atoms with van der Waals surface area (Å²) in [6.45, 7) is 1.17. The van der Waals surface area contributed by atoms with E-state index in [-0.39, 0.29) is 6.61 Å². The van der Waals surface area contributed by atoms with E-state index < -0.39 is 0 Å². The fraction of sp³-hybridized carbons (Fsp3) is 0.545. The molecule has 0 atom stereocenters. The summed E-state index contributed by atoms with van der Waals surface area (Å²) in [4.78, 5) is 17.6. The molecule has 2 heterocycles. The van der Waals surface area contributed by atoms with Crippen molar-refractivity contribution in [1.29, 1.82) is 0 Å². The van der Waals surface area contributed by atoms with Crippen LogP contribution in [-0.2, 0) is 0 Å². The summed E-state index contributed by atoms with van der Waals surface area (Å²) in [6.07, 6.45) is 6.08. The molecule has 2 rings (SSSR count). The molecule has 0 aliphatic heterocycles. The van der Waals surface area contributed by atoms with Crippen molar-refractivity contribution in [3.05, 3.63) is 12.7 Å². The van der Waals surface area contributed by atoms with E-state index >= 15 is 0 Å². The first-order valence-electron chi connectivity index (χ1n) is 5.79. The number of imidazole rings is 1. The molecule has 0 bridgehead atoms. The summed E-state index contributed by atoms with van der Waals surface area (Å²) < 4.78 is 0. The lowest BCUT2D eigenvalue weighted by molar-refractivity contribution is 0.283. The molecule has 0 spiro atoms. The molecule has 0 radical (unpaired) electrons. The van der Waals surface area contributed by atoms with E-state index in [4.69, 9.17) is 5.11 Å². The summed E-state index contributed by atoms with van der Waals surface area (Å²) in [5.74, 6) is 0.872. The molecule has 2 aromatic heterocycles. The standard InChI is InChI=1S/C11H17N5O/c1-16(5-3-2-4-6-17)11-9-10(13-7-12-9)14-8-15-11/h7-8,17H,2-6H2,1H3,(H,12,13,14,15). The maximum atomic E-state index is 8.71. The minimum absolute atomic E-state index is 0.266. The molecule has 0 aliphatic carbocycles. The van der Waals surface area contributed by atoms with Gasteiger partial charge in [-0.2, -0.15) is 0 Å². The third kappa shape index (κ3) is 2.71. The van der Waals surface area contributed by atoms with Crippen LogP contribution in [0.1, 0.15) is 19.3 Å². The van der Waals surface area contributed by atoms with Crippen molar-refractivity contribution in [2.45, 2.75) is 19.3 Å². The van der Waals surface area contributed by atoms with Crippen LogP contribution in [0, 0.1) is 0 Å². The lowest BCUT2D eigenvalue weighted by atomic mass is 10.2. The molecular formula is C11H17N5O. The van der Waals surface area contributed by atoms with Gasteiger partial charge in [-0.15, -0.1) is 0 Å². The van der Waals surface area contributed by atoms with Gasteiger partial charge in [0.2, 0.25) is 0 Å². The van der Waals surface area contributed by atoms with Gasteiger partial charge in [0.25, 0.3) is 0 Å². The number of aliphatic hydroxyl groups excluding tert-OH is 1. The van der Waals surface area contributed by atoms with Crippen LogP contribution in [0.5, 0.6) is 0 Å². The van der Waals surface area contributed by atoms with Crippen LogP contribution in [0.3, 0.4) is 0 Å². The molecule has 0 fully saturated rings. The first kappa shape index (κ1) is 11.8. The highest BCUT2D eigenvalue weighted by atomic mass is 16.2. The van der Waals surface area contributed by atoms with Crippen LogP contribution < -0.4 is 4.90 Å². The Morgan fingerprint density at radius 3 is 2.94 bits per heavy atom. The minimum Gasteiger partial charge on any atom is -0.396 e. The van der Waals surface area contributed by atoms with Gasteiger partial charge in [-0.25, -0.2) is 15.0 Å². The highest BCUT2D eigenvalue weighted by molar-refractivity contribution is 5.82. The average Bonchev–Trinajstić information content (AvgIpc) is 2.82. The Bertz CT molecular complexity index is 470. The lowest BCUT2D eigenvalue weighted by Crippen LogP contribution is -2.20. The summed E-state index contributed by atoms with van der Waals surface area (Å²) in [5.41, 5.74) is 1.56. The molecule has 17 heavy (non-hydrogen) atoms. The quantitative estimate of drug-likeness (QED) is 0.729. The maximum Gasteiger partial charge on any atom is 0.182 e. The zero-order chi connectivity index (χ0) is 12.1. The second-order valence-corrected chi connectivity index (χ2v) is 4.00. The number of aromatic nitrogens is 4. The van der Waals surface area contributed by atoms with Gasteiger partial charge in [-0.1, -0.05) is 0 Å². The monoisotopic (exact) mass is 235 g/mol. The van der Waals surface area contributed by atoms with Crippen molar-refractivity contribution in [2.75, 3.05) is 25.1 Å². The van der Waals surface area contributed by atoms with Gasteiger partial charge in [0.1, 0.15) is 11.8 Å². The topological polar surface area (TPSA) is 77.9 Å². The van der Waals surface area contributed by atoms with Gasteiger partial charge in [-0.3, -0.25) is 0 Å². The Morgan fingerprint density at radius 1 is 1.24 bits per heavy atom. The average molecular weight is 235 g/mol. The Morgan fingerprint density at radius 2 is 2.12 bits per heavy atom. The van der Waals surface area contributed by atoms with E-state index in [1.54, 1.807) is 6.33 Å². The minimum atomic E-state index is 0.266. The Labute approximate surface area is 99.7 Å². The highest BCUT2D eigenvalue weighted by Crippen LogP contribution is 2.18. The van der Waals surface area contributed by atoms with Crippen LogP contribution in [-0.4, -0.2) is 45.2 Å². The number of H-pyrrole nitrogens is 1. The number of nitrogens with zero attached hydrogens (tertiary/aromatic N) is 4. The normalized spacial score (nSPS) is 10.9. The third-order valence-electron chi connectivity index (χ3n) is 2.72. The lowest BCUT2D eigenvalue weighted by Gasteiger charge is -2.17. The molecule has 0 aliphatic rings. The van der Waals surface area contributed by atoms with Gasteiger partial charge in [-0.05, 0) is 19.3 Å². The predicted octanol–water partition coefficient (Wildman–Crippen LogP) is 0.952. The number of fused-ring (bicyclic) bond motifs is 1. The van der Waals surface area contributed by atoms with Gasteiger partial charge < -0.3 is 15.0 Å². The zero-order valence-corrected chi connectivity index (χ0v) is 9.93. The van der Waals surface area contributed by atoms with Crippen LogP contribution in [0.15, 0.2) is 12.7 Å². The molecule has 6 heteroatoms. The fourth-order valence-corrected chi connectivity index (χ4v) is 1.79. The largest absolute Gasteiger partial charge is 0.396 e. The zero-order valence-electron chi connectivity index (χ0n) is 9.93. The van der Waals surface area contributed by atoms with E-state index in [0.29, 0.717) is 5.65 Å². The molecule has 0 aromatic carbocycles. The molecule has 92 valence electrons. The Hall–Kier alpha value is -1.69. The molecule has 0 unspecified atom stereocenters. The van der Waals surface area contributed by atoms with Gasteiger partial charge >= 0.3 is 0 Å². The molecule has 0 saturated heterocycles. The number of rotatable bonds is 6. The Balaban J connectivity index is 2.03. The summed E-state index contributed by atoms with van der Waals surface area (Å²) in [7, 11) is 2.00. The number of unbranched alkanes of at least 4 members (excludes halogenated alkanes) is 2. The van der Waals surface area contributed by atoms with E-state index in [1.807, 2.05) is 7.05 Å². The number of hydrogen-bond donors (Lipinski definition) is 2. The van der Waals surface area contributed by atoms with Crippen molar-refractivity contribution >= 4 is 17.0 Å². The Kier molecular flexibility index (Phi) is 3.87. The van der Waals surface area contributed by atoms with Crippen molar-refractivity contribution < 1.29 is 5.11 Å². The van der Waals surface area contributed by atoms with Gasteiger partial charge in [0.15, 0.2) is 11.5 Å². The predicted molar refractivity (Wildman–Crippen MR) is 65.9 cm³/mol. The molecule has 2 N–H and O–H groups in total. The third-order valence-corrected chi connectivity index (χ3v) is 2.72. The van der Waals surface area contributed by atoms with E-state index in [0.717, 1.165) is 37.1 Å². The van der Waals surface area contributed by atoms with Crippen LogP contribution in [0.2, 0.25) is 0 Å². The van der Waals surface area contributed by atoms with Crippen molar-refractivity contribution in [2.24, 2.45) is 0 Å².